The number of hydrogen-bond donors (Lipinski definition) is 1. The summed E-state index contributed by atoms with van der Waals surface area (Å²) >= 11 is 0. The second kappa shape index (κ2) is 8.67. The molecular formula is C15H23NO3. The molecule has 1 aromatic rings. The van der Waals surface area contributed by atoms with Gasteiger partial charge in [0, 0.05) is 19.6 Å². The lowest BCUT2D eigenvalue weighted by molar-refractivity contribution is -0.143. The van der Waals surface area contributed by atoms with E-state index >= 15 is 0 Å². The molecule has 0 fully saturated rings. The lowest BCUT2D eigenvalue weighted by Gasteiger charge is -2.12. The van der Waals surface area contributed by atoms with Crippen LogP contribution in [0.25, 0.3) is 0 Å². The quantitative estimate of drug-likeness (QED) is 0.731. The van der Waals surface area contributed by atoms with E-state index in [0.29, 0.717) is 26.1 Å². The highest BCUT2D eigenvalue weighted by Gasteiger charge is 2.09. The van der Waals surface area contributed by atoms with E-state index in [1.54, 1.807) is 14.0 Å². The average Bonchev–Trinajstić information content (AvgIpc) is 2.38. The summed E-state index contributed by atoms with van der Waals surface area (Å²) < 4.78 is 9.98. The summed E-state index contributed by atoms with van der Waals surface area (Å²) in [6.07, 6.45) is 1.79. The van der Waals surface area contributed by atoms with Crippen LogP contribution >= 0.6 is 0 Å². The standard InChI is InChI=1S/C15H23NO3/c1-3-19-15(17)8-7-14(16)10-12-5-4-6-13(9-12)11-18-2/h4-6,9,14H,3,7-8,10-11,16H2,1-2H3. The smallest absolute Gasteiger partial charge is 0.305 e. The Kier molecular flexibility index (Phi) is 7.15. The van der Waals surface area contributed by atoms with Crippen LogP contribution in [0.5, 0.6) is 0 Å². The van der Waals surface area contributed by atoms with Gasteiger partial charge in [-0.15, -0.1) is 0 Å². The van der Waals surface area contributed by atoms with Crippen molar-refractivity contribution in [2.75, 3.05) is 13.7 Å². The molecule has 0 saturated carbocycles. The second-order valence-corrected chi connectivity index (χ2v) is 4.56. The Hall–Kier alpha value is -1.39. The van der Waals surface area contributed by atoms with E-state index in [1.807, 2.05) is 18.2 Å². The molecule has 0 aliphatic rings. The van der Waals surface area contributed by atoms with Gasteiger partial charge in [-0.2, -0.15) is 0 Å². The molecule has 0 spiro atoms. The molecule has 0 aliphatic heterocycles. The van der Waals surface area contributed by atoms with Crippen LogP contribution in [0, 0.1) is 0 Å². The third kappa shape index (κ3) is 6.36. The van der Waals surface area contributed by atoms with E-state index in [-0.39, 0.29) is 12.0 Å². The molecule has 106 valence electrons. The summed E-state index contributed by atoms with van der Waals surface area (Å²) in [5, 5.41) is 0. The molecule has 0 aromatic heterocycles. The summed E-state index contributed by atoms with van der Waals surface area (Å²) in [4.78, 5) is 11.2. The van der Waals surface area contributed by atoms with Crippen LogP contribution < -0.4 is 5.73 Å². The van der Waals surface area contributed by atoms with Gasteiger partial charge < -0.3 is 15.2 Å². The largest absolute Gasteiger partial charge is 0.466 e. The van der Waals surface area contributed by atoms with Crippen LogP contribution in [0.3, 0.4) is 0 Å². The molecular weight excluding hydrogens is 242 g/mol. The minimum Gasteiger partial charge on any atom is -0.466 e. The Morgan fingerprint density at radius 2 is 2.11 bits per heavy atom. The summed E-state index contributed by atoms with van der Waals surface area (Å²) in [5.41, 5.74) is 8.34. The van der Waals surface area contributed by atoms with Gasteiger partial charge in [-0.3, -0.25) is 4.79 Å². The molecule has 0 amide bonds. The molecule has 1 unspecified atom stereocenters. The summed E-state index contributed by atoms with van der Waals surface area (Å²) in [6.45, 7) is 2.83. The second-order valence-electron chi connectivity index (χ2n) is 4.56. The van der Waals surface area contributed by atoms with Crippen molar-refractivity contribution in [3.8, 4) is 0 Å². The van der Waals surface area contributed by atoms with Crippen molar-refractivity contribution in [2.45, 2.75) is 38.8 Å². The Bertz CT molecular complexity index is 393. The first kappa shape index (κ1) is 15.7. The summed E-state index contributed by atoms with van der Waals surface area (Å²) in [6, 6.07) is 8.14. The first-order valence-corrected chi connectivity index (χ1v) is 6.63. The Labute approximate surface area is 114 Å². The number of nitrogens with two attached hydrogens (primary N) is 1. The summed E-state index contributed by atoms with van der Waals surface area (Å²) in [5.74, 6) is -0.175. The number of carbonyl (C=O) groups is 1. The molecule has 2 N–H and O–H groups in total. The van der Waals surface area contributed by atoms with Crippen molar-refractivity contribution in [3.05, 3.63) is 35.4 Å². The zero-order chi connectivity index (χ0) is 14.1. The Morgan fingerprint density at radius 1 is 1.37 bits per heavy atom. The van der Waals surface area contributed by atoms with Crippen LogP contribution in [0.1, 0.15) is 30.9 Å². The van der Waals surface area contributed by atoms with E-state index in [2.05, 4.69) is 6.07 Å². The predicted octanol–water partition coefficient (Wildman–Crippen LogP) is 2.05. The molecule has 4 heteroatoms. The zero-order valence-corrected chi connectivity index (χ0v) is 11.7. The highest BCUT2D eigenvalue weighted by Crippen LogP contribution is 2.10. The lowest BCUT2D eigenvalue weighted by Crippen LogP contribution is -2.24. The lowest BCUT2D eigenvalue weighted by atomic mass is 10.0. The van der Waals surface area contributed by atoms with Gasteiger partial charge in [-0.1, -0.05) is 24.3 Å². The van der Waals surface area contributed by atoms with Crippen molar-refractivity contribution in [2.24, 2.45) is 5.73 Å². The molecule has 4 nitrogen and oxygen atoms in total. The molecule has 0 saturated heterocycles. The molecule has 0 aliphatic carbocycles. The maximum atomic E-state index is 11.2. The van der Waals surface area contributed by atoms with Crippen molar-refractivity contribution in [3.63, 3.8) is 0 Å². The van der Waals surface area contributed by atoms with Gasteiger partial charge in [-0.25, -0.2) is 0 Å². The molecule has 0 bridgehead atoms. The Morgan fingerprint density at radius 3 is 2.79 bits per heavy atom. The maximum absolute atomic E-state index is 11.2. The van der Waals surface area contributed by atoms with Crippen molar-refractivity contribution < 1.29 is 14.3 Å². The molecule has 0 heterocycles. The van der Waals surface area contributed by atoms with E-state index in [1.165, 1.54) is 5.56 Å². The van der Waals surface area contributed by atoms with Crippen LogP contribution in [-0.4, -0.2) is 25.7 Å². The van der Waals surface area contributed by atoms with Crippen LogP contribution in [0.2, 0.25) is 0 Å². The minimum absolute atomic E-state index is 0.0257. The molecule has 1 rings (SSSR count). The van der Waals surface area contributed by atoms with Crippen molar-refractivity contribution in [1.29, 1.82) is 0 Å². The van der Waals surface area contributed by atoms with Crippen LogP contribution in [0.15, 0.2) is 24.3 Å². The normalized spacial score (nSPS) is 12.2. The fraction of sp³-hybridized carbons (Fsp3) is 0.533. The van der Waals surface area contributed by atoms with Gasteiger partial charge >= 0.3 is 5.97 Å². The number of carbonyl (C=O) groups excluding carboxylic acids is 1. The fourth-order valence-corrected chi connectivity index (χ4v) is 1.95. The highest BCUT2D eigenvalue weighted by molar-refractivity contribution is 5.69. The number of hydrogen-bond acceptors (Lipinski definition) is 4. The maximum Gasteiger partial charge on any atom is 0.305 e. The van der Waals surface area contributed by atoms with Gasteiger partial charge in [0.1, 0.15) is 0 Å². The van der Waals surface area contributed by atoms with E-state index in [9.17, 15) is 4.79 Å². The number of benzene rings is 1. The molecule has 1 atom stereocenters. The zero-order valence-electron chi connectivity index (χ0n) is 11.7. The number of methoxy groups -OCH3 is 1. The topological polar surface area (TPSA) is 61.5 Å². The highest BCUT2D eigenvalue weighted by atomic mass is 16.5. The SMILES string of the molecule is CCOC(=O)CCC(N)Cc1cccc(COC)c1. The predicted molar refractivity (Wildman–Crippen MR) is 74.7 cm³/mol. The Balaban J connectivity index is 2.41. The number of rotatable bonds is 8. The van der Waals surface area contributed by atoms with Crippen molar-refractivity contribution in [1.82, 2.24) is 0 Å². The van der Waals surface area contributed by atoms with Crippen LogP contribution in [-0.2, 0) is 27.3 Å². The number of esters is 1. The first-order chi connectivity index (χ1) is 9.15. The van der Waals surface area contributed by atoms with Gasteiger partial charge in [-0.05, 0) is 30.9 Å². The van der Waals surface area contributed by atoms with E-state index in [4.69, 9.17) is 15.2 Å². The van der Waals surface area contributed by atoms with E-state index in [0.717, 1.165) is 12.0 Å². The van der Waals surface area contributed by atoms with Gasteiger partial charge in [0.25, 0.3) is 0 Å². The monoisotopic (exact) mass is 265 g/mol. The first-order valence-electron chi connectivity index (χ1n) is 6.63. The van der Waals surface area contributed by atoms with Gasteiger partial charge in [0.2, 0.25) is 0 Å². The van der Waals surface area contributed by atoms with Crippen LogP contribution in [0.4, 0.5) is 0 Å². The third-order valence-corrected chi connectivity index (χ3v) is 2.82. The fourth-order valence-electron chi connectivity index (χ4n) is 1.95. The van der Waals surface area contributed by atoms with E-state index < -0.39 is 0 Å². The van der Waals surface area contributed by atoms with Gasteiger partial charge in [0.05, 0.1) is 13.2 Å². The third-order valence-electron chi connectivity index (χ3n) is 2.82. The van der Waals surface area contributed by atoms with Crippen molar-refractivity contribution >= 4 is 5.97 Å². The average molecular weight is 265 g/mol. The minimum atomic E-state index is -0.175. The molecule has 1 aromatic carbocycles. The molecule has 19 heavy (non-hydrogen) atoms. The van der Waals surface area contributed by atoms with Gasteiger partial charge in [0.15, 0.2) is 0 Å². The number of ether oxygens (including phenoxy) is 2. The summed E-state index contributed by atoms with van der Waals surface area (Å²) in [7, 11) is 1.68. The molecule has 0 radical (unpaired) electrons.